The number of aliphatic hydroxyl groups is 1. The fourth-order valence-electron chi connectivity index (χ4n) is 4.85. The van der Waals surface area contributed by atoms with Gasteiger partial charge in [0.2, 0.25) is 17.4 Å². The van der Waals surface area contributed by atoms with Crippen LogP contribution in [0.1, 0.15) is 53.0 Å². The van der Waals surface area contributed by atoms with Gasteiger partial charge in [0, 0.05) is 28.7 Å². The van der Waals surface area contributed by atoms with Gasteiger partial charge in [0.15, 0.2) is 0 Å². The second-order valence-electron chi connectivity index (χ2n) is 10.6. The molecule has 1 saturated carbocycles. The smallest absolute Gasteiger partial charge is 0.424 e. The largest absolute Gasteiger partial charge is 0.491 e. The van der Waals surface area contributed by atoms with Crippen LogP contribution in [0.5, 0.6) is 11.6 Å². The Hall–Kier alpha value is -4.43. The highest BCUT2D eigenvalue weighted by Crippen LogP contribution is 2.43. The summed E-state index contributed by atoms with van der Waals surface area (Å²) in [5.41, 5.74) is 1.36. The topological polar surface area (TPSA) is 141 Å². The van der Waals surface area contributed by atoms with E-state index in [1.807, 2.05) is 0 Å². The molecular formula is C30H28ClF4N5O5. The summed E-state index contributed by atoms with van der Waals surface area (Å²) in [6, 6.07) is 8.73. The molecule has 1 aliphatic rings. The molecule has 0 unspecified atom stereocenters. The SMILES string of the molecule is CCOc1c(CC(N)=O)cc([C@@](O)(CNC(=O)c2cc(OC)n3nc(C4CC4)cc3c2)C(F)(F)F)nc1-c1ccc(Cl)c(F)c1. The van der Waals surface area contributed by atoms with Gasteiger partial charge in [-0.3, -0.25) is 9.59 Å². The maximum absolute atomic E-state index is 14.7. The van der Waals surface area contributed by atoms with Crippen LogP contribution in [0.25, 0.3) is 16.8 Å². The molecule has 45 heavy (non-hydrogen) atoms. The van der Waals surface area contributed by atoms with Crippen LogP contribution in [-0.4, -0.2) is 58.0 Å². The predicted octanol–water partition coefficient (Wildman–Crippen LogP) is 4.68. The van der Waals surface area contributed by atoms with Gasteiger partial charge >= 0.3 is 6.18 Å². The number of alkyl halides is 3. The van der Waals surface area contributed by atoms with E-state index in [1.165, 1.54) is 35.9 Å². The molecule has 0 bridgehead atoms. The highest BCUT2D eigenvalue weighted by Gasteiger charge is 2.56. The lowest BCUT2D eigenvalue weighted by Gasteiger charge is -2.31. The molecule has 0 saturated heterocycles. The highest BCUT2D eigenvalue weighted by molar-refractivity contribution is 6.30. The number of methoxy groups -OCH3 is 1. The molecule has 0 aliphatic heterocycles. The number of primary amides is 1. The molecular weight excluding hydrogens is 622 g/mol. The van der Waals surface area contributed by atoms with Crippen molar-refractivity contribution < 1.29 is 41.7 Å². The Morgan fingerprint density at radius 1 is 1.18 bits per heavy atom. The van der Waals surface area contributed by atoms with E-state index in [-0.39, 0.29) is 45.6 Å². The average molecular weight is 650 g/mol. The van der Waals surface area contributed by atoms with E-state index in [2.05, 4.69) is 15.4 Å². The lowest BCUT2D eigenvalue weighted by atomic mass is 9.93. The number of ether oxygens (including phenoxy) is 2. The molecule has 3 aromatic heterocycles. The highest BCUT2D eigenvalue weighted by atomic mass is 35.5. The molecule has 4 N–H and O–H groups in total. The molecule has 5 rings (SSSR count). The zero-order valence-electron chi connectivity index (χ0n) is 24.0. The third-order valence-corrected chi connectivity index (χ3v) is 7.61. The van der Waals surface area contributed by atoms with Crippen LogP contribution in [-0.2, 0) is 16.8 Å². The van der Waals surface area contributed by atoms with Crippen molar-refractivity contribution in [3.8, 4) is 22.9 Å². The van der Waals surface area contributed by atoms with E-state index in [0.717, 1.165) is 30.7 Å². The fourth-order valence-corrected chi connectivity index (χ4v) is 4.97. The number of nitrogens with one attached hydrogen (secondary N) is 1. The Kier molecular flexibility index (Phi) is 8.64. The molecule has 10 nitrogen and oxygen atoms in total. The molecule has 1 aromatic carbocycles. The second kappa shape index (κ2) is 12.2. The van der Waals surface area contributed by atoms with Gasteiger partial charge in [-0.25, -0.2) is 13.9 Å². The number of carbonyl (C=O) groups excluding carboxylic acids is 2. The number of halogens is 5. The van der Waals surface area contributed by atoms with Gasteiger partial charge in [-0.15, -0.1) is 0 Å². The van der Waals surface area contributed by atoms with Crippen molar-refractivity contribution in [2.45, 2.75) is 43.9 Å². The number of fused-ring (bicyclic) bond motifs is 1. The van der Waals surface area contributed by atoms with E-state index in [9.17, 15) is 32.3 Å². The van der Waals surface area contributed by atoms with Crippen molar-refractivity contribution >= 4 is 28.9 Å². The zero-order chi connectivity index (χ0) is 32.7. The van der Waals surface area contributed by atoms with E-state index in [0.29, 0.717) is 11.4 Å². The van der Waals surface area contributed by atoms with Gasteiger partial charge in [0.1, 0.15) is 17.3 Å². The van der Waals surface area contributed by atoms with E-state index < -0.39 is 48.1 Å². The first-order valence-corrected chi connectivity index (χ1v) is 14.2. The molecule has 4 aromatic rings. The number of benzene rings is 1. The monoisotopic (exact) mass is 649 g/mol. The van der Waals surface area contributed by atoms with Crippen molar-refractivity contribution in [3.05, 3.63) is 75.8 Å². The molecule has 15 heteroatoms. The summed E-state index contributed by atoms with van der Waals surface area (Å²) in [4.78, 5) is 29.1. The van der Waals surface area contributed by atoms with Gasteiger partial charge in [-0.05, 0) is 50.1 Å². The van der Waals surface area contributed by atoms with Crippen LogP contribution < -0.4 is 20.5 Å². The quantitative estimate of drug-likeness (QED) is 0.200. The van der Waals surface area contributed by atoms with Crippen LogP contribution in [0.15, 0.2) is 42.5 Å². The first-order chi connectivity index (χ1) is 21.2. The molecule has 1 fully saturated rings. The van der Waals surface area contributed by atoms with Crippen molar-refractivity contribution in [1.82, 2.24) is 19.9 Å². The van der Waals surface area contributed by atoms with Gasteiger partial charge in [0.05, 0.1) is 48.6 Å². The molecule has 2 amide bonds. The van der Waals surface area contributed by atoms with Crippen LogP contribution >= 0.6 is 11.6 Å². The number of pyridine rings is 2. The minimum absolute atomic E-state index is 0.00258. The molecule has 0 radical (unpaired) electrons. The lowest BCUT2D eigenvalue weighted by Crippen LogP contribution is -2.51. The first-order valence-electron chi connectivity index (χ1n) is 13.8. The minimum atomic E-state index is -5.39. The number of hydrogen-bond acceptors (Lipinski definition) is 7. The van der Waals surface area contributed by atoms with Crippen molar-refractivity contribution in [2.75, 3.05) is 20.3 Å². The third-order valence-electron chi connectivity index (χ3n) is 7.31. The third kappa shape index (κ3) is 6.38. The number of nitrogens with zero attached hydrogens (tertiary/aromatic N) is 3. The average Bonchev–Trinajstić information content (AvgIpc) is 3.75. The number of hydrogen-bond donors (Lipinski definition) is 3. The van der Waals surface area contributed by atoms with E-state index in [1.54, 1.807) is 13.0 Å². The normalized spacial score (nSPS) is 14.7. The van der Waals surface area contributed by atoms with E-state index in [4.69, 9.17) is 26.8 Å². The molecule has 238 valence electrons. The Morgan fingerprint density at radius 2 is 1.91 bits per heavy atom. The van der Waals surface area contributed by atoms with Crippen LogP contribution in [0, 0.1) is 5.82 Å². The number of nitrogens with two attached hydrogens (primary N) is 1. The second-order valence-corrected chi connectivity index (χ2v) is 11.0. The standard InChI is InChI=1S/C30H28ClF4N5O5/c1-3-45-27-17(11-24(36)41)10-23(38-26(27)16-6-7-20(31)21(32)9-16)29(43,30(33,34)35)14-37-28(42)18-8-19-13-22(15-4-5-15)39-40(19)25(12-18)44-2/h6-10,12-13,15,43H,3-5,11,14H2,1-2H3,(H2,36,41)(H,37,42)/t29-/m0/s1. The Bertz CT molecular complexity index is 1790. The van der Waals surface area contributed by atoms with Gasteiger partial charge in [-0.2, -0.15) is 18.3 Å². The van der Waals surface area contributed by atoms with Gasteiger partial charge in [-0.1, -0.05) is 17.7 Å². The Labute approximate surface area is 259 Å². The van der Waals surface area contributed by atoms with Crippen LogP contribution in [0.3, 0.4) is 0 Å². The maximum Gasteiger partial charge on any atom is 0.424 e. The molecule has 3 heterocycles. The first kappa shape index (κ1) is 32.0. The summed E-state index contributed by atoms with van der Waals surface area (Å²) < 4.78 is 70.9. The minimum Gasteiger partial charge on any atom is -0.491 e. The molecule has 1 aliphatic carbocycles. The Morgan fingerprint density at radius 3 is 2.51 bits per heavy atom. The zero-order valence-corrected chi connectivity index (χ0v) is 24.8. The van der Waals surface area contributed by atoms with E-state index >= 15 is 0 Å². The molecule has 1 atom stereocenters. The summed E-state index contributed by atoms with van der Waals surface area (Å²) in [5.74, 6) is -2.42. The number of rotatable bonds is 11. The fraction of sp³-hybridized carbons (Fsp3) is 0.333. The summed E-state index contributed by atoms with van der Waals surface area (Å²) in [6.07, 6.45) is -4.03. The maximum atomic E-state index is 14.7. The Balaban J connectivity index is 1.56. The van der Waals surface area contributed by atoms with Gasteiger partial charge < -0.3 is 25.6 Å². The number of aromatic nitrogens is 3. The summed E-state index contributed by atoms with van der Waals surface area (Å²) >= 11 is 5.79. The predicted molar refractivity (Wildman–Crippen MR) is 155 cm³/mol. The summed E-state index contributed by atoms with van der Waals surface area (Å²) in [6.45, 7) is 0.211. The lowest BCUT2D eigenvalue weighted by molar-refractivity contribution is -0.265. The number of carbonyl (C=O) groups is 2. The van der Waals surface area contributed by atoms with Gasteiger partial charge in [0.25, 0.3) is 5.91 Å². The number of amides is 2. The molecule has 0 spiro atoms. The van der Waals surface area contributed by atoms with Crippen LogP contribution in [0.4, 0.5) is 17.6 Å². The summed E-state index contributed by atoms with van der Waals surface area (Å²) in [7, 11) is 1.36. The van der Waals surface area contributed by atoms with Crippen LogP contribution in [0.2, 0.25) is 5.02 Å². The van der Waals surface area contributed by atoms with Crippen molar-refractivity contribution in [1.29, 1.82) is 0 Å². The summed E-state index contributed by atoms with van der Waals surface area (Å²) in [5, 5.41) is 17.6. The van der Waals surface area contributed by atoms with Crippen molar-refractivity contribution in [3.63, 3.8) is 0 Å². The van der Waals surface area contributed by atoms with Crippen molar-refractivity contribution in [2.24, 2.45) is 5.73 Å².